The number of hydrogen-bond donors (Lipinski definition) is 0. The lowest BCUT2D eigenvalue weighted by atomic mass is 10.0. The molecule has 1 aliphatic heterocycles. The van der Waals surface area contributed by atoms with Gasteiger partial charge in [0.15, 0.2) is 0 Å². The minimum absolute atomic E-state index is 0.0123. The molecule has 32 heavy (non-hydrogen) atoms. The van der Waals surface area contributed by atoms with Gasteiger partial charge in [-0.25, -0.2) is 5.01 Å². The smallest absolute Gasteiger partial charge is 0.285 e. The number of sulfonamides is 1. The molecule has 1 unspecified atom stereocenters. The van der Waals surface area contributed by atoms with Crippen LogP contribution in [0, 0.1) is 0 Å². The van der Waals surface area contributed by atoms with E-state index < -0.39 is 10.0 Å². The maximum Gasteiger partial charge on any atom is 0.285 e. The van der Waals surface area contributed by atoms with Crippen LogP contribution in [0.15, 0.2) is 93.3 Å². The van der Waals surface area contributed by atoms with Gasteiger partial charge in [-0.3, -0.25) is 0 Å². The summed E-state index contributed by atoms with van der Waals surface area (Å²) >= 11 is 11.9. The summed E-state index contributed by atoms with van der Waals surface area (Å²) in [6.07, 6.45) is 1.80. The molecule has 3 aromatic carbocycles. The second-order valence-corrected chi connectivity index (χ2v) is 9.70. The Morgan fingerprint density at radius 1 is 0.969 bits per heavy atom. The van der Waals surface area contributed by atoms with Gasteiger partial charge < -0.3 is 4.90 Å². The van der Waals surface area contributed by atoms with E-state index in [0.29, 0.717) is 16.6 Å². The van der Waals surface area contributed by atoms with Crippen molar-refractivity contribution < 1.29 is 8.42 Å². The van der Waals surface area contributed by atoms with Gasteiger partial charge in [0, 0.05) is 34.9 Å². The third kappa shape index (κ3) is 4.96. The van der Waals surface area contributed by atoms with Gasteiger partial charge in [0.05, 0.1) is 11.4 Å². The zero-order valence-corrected chi connectivity index (χ0v) is 19.5. The number of hydrazone groups is 1. The molecule has 4 rings (SSSR count). The van der Waals surface area contributed by atoms with Crippen molar-refractivity contribution in [2.24, 2.45) is 9.50 Å². The summed E-state index contributed by atoms with van der Waals surface area (Å²) in [4.78, 5) is 1.72. The fourth-order valence-electron chi connectivity index (χ4n) is 3.29. The fraction of sp³-hybridized carbons (Fsp3) is 0.130. The van der Waals surface area contributed by atoms with Crippen LogP contribution in [0.1, 0.15) is 11.5 Å². The van der Waals surface area contributed by atoms with Crippen LogP contribution in [0.4, 0.5) is 5.69 Å². The maximum absolute atomic E-state index is 13.1. The van der Waals surface area contributed by atoms with E-state index in [4.69, 9.17) is 23.2 Å². The van der Waals surface area contributed by atoms with Crippen molar-refractivity contribution in [2.45, 2.75) is 10.8 Å². The quantitative estimate of drug-likeness (QED) is 0.372. The summed E-state index contributed by atoms with van der Waals surface area (Å²) in [5.41, 5.74) is 1.81. The molecular formula is C23H20Cl2N4O2S. The van der Waals surface area contributed by atoms with Gasteiger partial charge in [0.2, 0.25) is 5.96 Å². The first-order valence-electron chi connectivity index (χ1n) is 9.80. The molecule has 0 N–H and O–H groups in total. The number of benzene rings is 3. The highest BCUT2D eigenvalue weighted by atomic mass is 35.5. The van der Waals surface area contributed by atoms with Crippen molar-refractivity contribution >= 4 is 51.1 Å². The van der Waals surface area contributed by atoms with E-state index >= 15 is 0 Å². The first kappa shape index (κ1) is 22.3. The lowest BCUT2D eigenvalue weighted by molar-refractivity contribution is 0.467. The molecule has 0 aliphatic carbocycles. The number of guanidine groups is 1. The van der Waals surface area contributed by atoms with Gasteiger partial charge in [-0.05, 0) is 54.1 Å². The van der Waals surface area contributed by atoms with Gasteiger partial charge in [0.25, 0.3) is 10.0 Å². The lowest BCUT2D eigenvalue weighted by Gasteiger charge is -2.27. The van der Waals surface area contributed by atoms with Crippen LogP contribution < -0.4 is 4.90 Å². The number of hydrogen-bond acceptors (Lipinski definition) is 3. The third-order valence-electron chi connectivity index (χ3n) is 5.04. The van der Waals surface area contributed by atoms with Gasteiger partial charge in [-0.2, -0.15) is 13.5 Å². The number of anilines is 1. The van der Waals surface area contributed by atoms with Crippen molar-refractivity contribution in [3.8, 4) is 0 Å². The predicted molar refractivity (Wildman–Crippen MR) is 130 cm³/mol. The summed E-state index contributed by atoms with van der Waals surface area (Å²) in [7, 11) is -2.27. The van der Waals surface area contributed by atoms with Crippen LogP contribution in [-0.4, -0.2) is 39.2 Å². The Morgan fingerprint density at radius 2 is 1.56 bits per heavy atom. The van der Waals surface area contributed by atoms with Crippen LogP contribution in [-0.2, 0) is 10.0 Å². The average molecular weight is 487 g/mol. The van der Waals surface area contributed by atoms with Gasteiger partial charge >= 0.3 is 0 Å². The van der Waals surface area contributed by atoms with Crippen molar-refractivity contribution in [1.82, 2.24) is 5.01 Å². The minimum atomic E-state index is -4.01. The minimum Gasteiger partial charge on any atom is -0.313 e. The van der Waals surface area contributed by atoms with Gasteiger partial charge in [-0.15, -0.1) is 4.40 Å². The largest absolute Gasteiger partial charge is 0.313 e. The first-order chi connectivity index (χ1) is 15.3. The Balaban J connectivity index is 1.72. The maximum atomic E-state index is 13.1. The molecule has 0 amide bonds. The molecule has 0 radical (unpaired) electrons. The van der Waals surface area contributed by atoms with Crippen molar-refractivity contribution in [3.05, 3.63) is 94.5 Å². The summed E-state index contributed by atoms with van der Waals surface area (Å²) in [6.45, 7) is 0.455. The van der Waals surface area contributed by atoms with E-state index in [1.807, 2.05) is 30.3 Å². The molecule has 6 nitrogen and oxygen atoms in total. The monoisotopic (exact) mass is 486 g/mol. The molecule has 1 aliphatic rings. The molecule has 0 saturated carbocycles. The molecule has 0 aromatic heterocycles. The molecule has 1 atom stereocenters. The first-order valence-corrected chi connectivity index (χ1v) is 12.0. The van der Waals surface area contributed by atoms with Crippen LogP contribution in [0.2, 0.25) is 10.0 Å². The summed E-state index contributed by atoms with van der Waals surface area (Å²) in [5, 5.41) is 7.10. The third-order valence-corrected chi connectivity index (χ3v) is 6.82. The summed E-state index contributed by atoms with van der Waals surface area (Å²) in [6, 6.07) is 22.9. The van der Waals surface area contributed by atoms with Crippen LogP contribution >= 0.6 is 23.2 Å². The van der Waals surface area contributed by atoms with Gasteiger partial charge in [0.1, 0.15) is 0 Å². The molecule has 0 spiro atoms. The topological polar surface area (TPSA) is 65.3 Å². The second kappa shape index (κ2) is 9.32. The highest BCUT2D eigenvalue weighted by Gasteiger charge is 2.28. The van der Waals surface area contributed by atoms with E-state index in [1.54, 1.807) is 47.4 Å². The Bertz CT molecular complexity index is 1250. The SMILES string of the molecule is CN(C(=NS(=O)(=O)c1ccc(Cl)cc1)N1CC(c2ccccc2)C=N1)c1ccc(Cl)cc1. The number of rotatable bonds is 4. The van der Waals surface area contributed by atoms with E-state index in [-0.39, 0.29) is 16.8 Å². The van der Waals surface area contributed by atoms with E-state index in [2.05, 4.69) is 9.50 Å². The van der Waals surface area contributed by atoms with E-state index in [1.165, 1.54) is 24.3 Å². The molecule has 1 heterocycles. The molecule has 0 fully saturated rings. The fourth-order valence-corrected chi connectivity index (χ4v) is 4.56. The van der Waals surface area contributed by atoms with Crippen molar-refractivity contribution in [1.29, 1.82) is 0 Å². The summed E-state index contributed by atoms with van der Waals surface area (Å²) < 4.78 is 30.4. The Morgan fingerprint density at radius 3 is 2.19 bits per heavy atom. The zero-order chi connectivity index (χ0) is 22.7. The highest BCUT2D eigenvalue weighted by molar-refractivity contribution is 7.90. The van der Waals surface area contributed by atoms with Crippen molar-refractivity contribution in [3.63, 3.8) is 0 Å². The molecule has 0 saturated heterocycles. The molecular weight excluding hydrogens is 467 g/mol. The van der Waals surface area contributed by atoms with Crippen molar-refractivity contribution in [2.75, 3.05) is 18.5 Å². The Kier molecular flexibility index (Phi) is 6.50. The number of halogens is 2. The second-order valence-electron chi connectivity index (χ2n) is 7.22. The molecule has 3 aromatic rings. The van der Waals surface area contributed by atoms with Crippen LogP contribution in [0.3, 0.4) is 0 Å². The van der Waals surface area contributed by atoms with Crippen LogP contribution in [0.5, 0.6) is 0 Å². The Labute approximate surface area is 197 Å². The van der Waals surface area contributed by atoms with E-state index in [0.717, 1.165) is 11.3 Å². The number of nitrogens with zero attached hydrogens (tertiary/aromatic N) is 4. The van der Waals surface area contributed by atoms with Crippen LogP contribution in [0.25, 0.3) is 0 Å². The van der Waals surface area contributed by atoms with E-state index in [9.17, 15) is 8.42 Å². The Hall–Kier alpha value is -2.87. The highest BCUT2D eigenvalue weighted by Crippen LogP contribution is 2.25. The normalized spacial score (nSPS) is 16.4. The lowest BCUT2D eigenvalue weighted by Crippen LogP contribution is -2.40. The molecule has 0 bridgehead atoms. The molecule has 164 valence electrons. The standard InChI is InChI=1S/C23H20Cl2N4O2S/c1-28(21-11-7-19(24)8-12-21)23(27-32(30,31)22-13-9-20(25)10-14-22)29-16-18(15-26-29)17-5-3-2-4-6-17/h2-15,18H,16H2,1H3. The zero-order valence-electron chi connectivity index (χ0n) is 17.1. The average Bonchev–Trinajstić information content (AvgIpc) is 3.29. The predicted octanol–water partition coefficient (Wildman–Crippen LogP) is 5.26. The summed E-state index contributed by atoms with van der Waals surface area (Å²) in [5.74, 6) is 0.190. The molecule has 9 heteroatoms. The van der Waals surface area contributed by atoms with Gasteiger partial charge in [-0.1, -0.05) is 53.5 Å².